The number of amides is 1. The van der Waals surface area contributed by atoms with Gasteiger partial charge in [-0.05, 0) is 6.07 Å². The molecule has 2 rings (SSSR count). The number of nitrogens with two attached hydrogens (primary N) is 1. The summed E-state index contributed by atoms with van der Waals surface area (Å²) in [7, 11) is 0. The quantitative estimate of drug-likeness (QED) is 0.836. The highest BCUT2D eigenvalue weighted by molar-refractivity contribution is 5.78. The van der Waals surface area contributed by atoms with Crippen molar-refractivity contribution in [3.63, 3.8) is 0 Å². The second-order valence-electron chi connectivity index (χ2n) is 4.61. The maximum absolute atomic E-state index is 12.3. The fourth-order valence-electron chi connectivity index (χ4n) is 2.21. The zero-order valence-corrected chi connectivity index (χ0v) is 10.9. The van der Waals surface area contributed by atoms with Crippen molar-refractivity contribution in [2.75, 3.05) is 26.2 Å². The lowest BCUT2D eigenvalue weighted by Gasteiger charge is -2.29. The molecule has 3 N–H and O–H groups in total. The Morgan fingerprint density at radius 2 is 2.15 bits per heavy atom. The molecular formula is C13H17F2N3O2. The number of nitrogens with one attached hydrogen (secondary N) is 1. The first kappa shape index (κ1) is 14.7. The molecule has 1 aromatic carbocycles. The summed E-state index contributed by atoms with van der Waals surface area (Å²) in [6.45, 7) is -0.940. The fraction of sp³-hybridized carbons (Fsp3) is 0.462. The first-order valence-electron chi connectivity index (χ1n) is 6.34. The van der Waals surface area contributed by atoms with E-state index in [1.807, 2.05) is 4.90 Å². The Kier molecular flexibility index (Phi) is 4.86. The summed E-state index contributed by atoms with van der Waals surface area (Å²) in [5.41, 5.74) is 6.56. The van der Waals surface area contributed by atoms with Gasteiger partial charge in [-0.2, -0.15) is 8.78 Å². The molecule has 0 aliphatic carbocycles. The smallest absolute Gasteiger partial charge is 0.387 e. The Morgan fingerprint density at radius 3 is 2.85 bits per heavy atom. The molecule has 110 valence electrons. The van der Waals surface area contributed by atoms with Crippen LogP contribution in [0.2, 0.25) is 0 Å². The van der Waals surface area contributed by atoms with Crippen LogP contribution in [0.25, 0.3) is 0 Å². The lowest BCUT2D eigenvalue weighted by atomic mass is 10.1. The third-order valence-electron chi connectivity index (χ3n) is 3.11. The molecule has 1 aromatic rings. The van der Waals surface area contributed by atoms with Gasteiger partial charge in [0.25, 0.3) is 0 Å². The average molecular weight is 285 g/mol. The molecule has 7 heteroatoms. The summed E-state index contributed by atoms with van der Waals surface area (Å²) in [5, 5.41) is 2.72. The molecular weight excluding hydrogens is 268 g/mol. The van der Waals surface area contributed by atoms with Crippen LogP contribution >= 0.6 is 0 Å². The van der Waals surface area contributed by atoms with Gasteiger partial charge in [0.2, 0.25) is 5.91 Å². The highest BCUT2D eigenvalue weighted by atomic mass is 19.3. The summed E-state index contributed by atoms with van der Waals surface area (Å²) in [6, 6.07) is 5.96. The first-order chi connectivity index (χ1) is 9.56. The minimum atomic E-state index is -2.89. The third kappa shape index (κ3) is 3.88. The number of piperazine rings is 1. The van der Waals surface area contributed by atoms with Gasteiger partial charge in [-0.1, -0.05) is 18.2 Å². The van der Waals surface area contributed by atoms with E-state index in [9.17, 15) is 13.6 Å². The van der Waals surface area contributed by atoms with Crippen molar-refractivity contribution in [3.05, 3.63) is 29.8 Å². The van der Waals surface area contributed by atoms with Crippen molar-refractivity contribution in [2.45, 2.75) is 12.7 Å². The normalized spacial score (nSPS) is 17.9. The summed E-state index contributed by atoms with van der Waals surface area (Å²) in [4.78, 5) is 13.2. The van der Waals surface area contributed by atoms with Gasteiger partial charge in [0.05, 0.1) is 6.54 Å². The number of benzene rings is 1. The highest BCUT2D eigenvalue weighted by Crippen LogP contribution is 2.25. The molecule has 0 aromatic heterocycles. The fourth-order valence-corrected chi connectivity index (χ4v) is 2.21. The predicted molar refractivity (Wildman–Crippen MR) is 69.5 cm³/mol. The van der Waals surface area contributed by atoms with Crippen LogP contribution in [0.15, 0.2) is 24.3 Å². The largest absolute Gasteiger partial charge is 0.434 e. The van der Waals surface area contributed by atoms with Crippen LogP contribution in [-0.4, -0.2) is 43.6 Å². The molecule has 0 bridgehead atoms. The lowest BCUT2D eigenvalue weighted by Crippen LogP contribution is -2.49. The van der Waals surface area contributed by atoms with Crippen LogP contribution in [-0.2, 0) is 4.79 Å². The van der Waals surface area contributed by atoms with Crippen LogP contribution in [0.5, 0.6) is 5.75 Å². The number of halogens is 2. The minimum Gasteiger partial charge on any atom is -0.434 e. The van der Waals surface area contributed by atoms with E-state index in [1.54, 1.807) is 18.2 Å². The first-order valence-corrected chi connectivity index (χ1v) is 6.34. The van der Waals surface area contributed by atoms with E-state index < -0.39 is 12.7 Å². The standard InChI is InChI=1S/C13H17F2N3O2/c14-13(15)20-11-4-2-1-3-9(11)10(16)7-18-6-5-17-12(19)8-18/h1-4,10,13H,5-8,16H2,(H,17,19). The Morgan fingerprint density at radius 1 is 1.40 bits per heavy atom. The number of rotatable bonds is 5. The SMILES string of the molecule is NC(CN1CCNC(=O)C1)c1ccccc1OC(F)F. The highest BCUT2D eigenvalue weighted by Gasteiger charge is 2.21. The molecule has 1 aliphatic heterocycles. The lowest BCUT2D eigenvalue weighted by molar-refractivity contribution is -0.124. The molecule has 1 heterocycles. The van der Waals surface area contributed by atoms with E-state index in [4.69, 9.17) is 5.73 Å². The molecule has 0 spiro atoms. The van der Waals surface area contributed by atoms with Gasteiger partial charge in [0.15, 0.2) is 0 Å². The van der Waals surface area contributed by atoms with E-state index in [-0.39, 0.29) is 18.2 Å². The molecule has 1 aliphatic rings. The number of alkyl halides is 2. The van der Waals surface area contributed by atoms with E-state index in [2.05, 4.69) is 10.1 Å². The van der Waals surface area contributed by atoms with Gasteiger partial charge >= 0.3 is 6.61 Å². The minimum absolute atomic E-state index is 0.0550. The third-order valence-corrected chi connectivity index (χ3v) is 3.11. The number of carbonyl (C=O) groups excluding carboxylic acids is 1. The molecule has 1 amide bonds. The topological polar surface area (TPSA) is 67.6 Å². The van der Waals surface area contributed by atoms with Gasteiger partial charge in [-0.3, -0.25) is 9.69 Å². The summed E-state index contributed by atoms with van der Waals surface area (Å²) >= 11 is 0. The van der Waals surface area contributed by atoms with Gasteiger partial charge in [0, 0.05) is 31.2 Å². The Bertz CT molecular complexity index is 471. The maximum atomic E-state index is 12.3. The Hall–Kier alpha value is -1.73. The van der Waals surface area contributed by atoms with Gasteiger partial charge < -0.3 is 15.8 Å². The van der Waals surface area contributed by atoms with Crippen molar-refractivity contribution in [2.24, 2.45) is 5.73 Å². The molecule has 1 saturated heterocycles. The zero-order valence-electron chi connectivity index (χ0n) is 10.9. The molecule has 0 radical (unpaired) electrons. The molecule has 20 heavy (non-hydrogen) atoms. The monoisotopic (exact) mass is 285 g/mol. The predicted octanol–water partition coefficient (Wildman–Crippen LogP) is 0.720. The number of para-hydroxylation sites is 1. The second kappa shape index (κ2) is 6.62. The van der Waals surface area contributed by atoms with Crippen LogP contribution in [0, 0.1) is 0 Å². The van der Waals surface area contributed by atoms with Crippen molar-refractivity contribution < 1.29 is 18.3 Å². The molecule has 5 nitrogen and oxygen atoms in total. The van der Waals surface area contributed by atoms with Gasteiger partial charge in [0.1, 0.15) is 5.75 Å². The van der Waals surface area contributed by atoms with Crippen molar-refractivity contribution in [1.82, 2.24) is 10.2 Å². The van der Waals surface area contributed by atoms with Gasteiger partial charge in [-0.15, -0.1) is 0 Å². The Balaban J connectivity index is 2.04. The van der Waals surface area contributed by atoms with Crippen molar-refractivity contribution in [3.8, 4) is 5.75 Å². The van der Waals surface area contributed by atoms with Crippen LogP contribution in [0.3, 0.4) is 0 Å². The molecule has 0 saturated carbocycles. The van der Waals surface area contributed by atoms with E-state index >= 15 is 0 Å². The van der Waals surface area contributed by atoms with Crippen LogP contribution < -0.4 is 15.8 Å². The zero-order chi connectivity index (χ0) is 14.5. The number of ether oxygens (including phenoxy) is 1. The van der Waals surface area contributed by atoms with Crippen molar-refractivity contribution >= 4 is 5.91 Å². The van der Waals surface area contributed by atoms with Gasteiger partial charge in [-0.25, -0.2) is 0 Å². The van der Waals surface area contributed by atoms with Crippen LogP contribution in [0.1, 0.15) is 11.6 Å². The van der Waals surface area contributed by atoms with E-state index in [0.29, 0.717) is 25.2 Å². The second-order valence-corrected chi connectivity index (χ2v) is 4.61. The molecule has 1 atom stereocenters. The summed E-state index contributed by atoms with van der Waals surface area (Å²) in [5.74, 6) is 0.0250. The Labute approximate surface area is 115 Å². The summed E-state index contributed by atoms with van der Waals surface area (Å²) in [6.07, 6.45) is 0. The number of hydrogen-bond acceptors (Lipinski definition) is 4. The molecule has 1 unspecified atom stereocenters. The number of carbonyl (C=O) groups is 1. The van der Waals surface area contributed by atoms with E-state index in [1.165, 1.54) is 6.07 Å². The number of nitrogens with zero attached hydrogens (tertiary/aromatic N) is 1. The maximum Gasteiger partial charge on any atom is 0.387 e. The summed E-state index contributed by atoms with van der Waals surface area (Å²) < 4.78 is 29.2. The van der Waals surface area contributed by atoms with E-state index in [0.717, 1.165) is 0 Å². The van der Waals surface area contributed by atoms with Crippen LogP contribution in [0.4, 0.5) is 8.78 Å². The average Bonchev–Trinajstić information content (AvgIpc) is 2.38. The molecule has 1 fully saturated rings. The number of hydrogen-bond donors (Lipinski definition) is 2. The van der Waals surface area contributed by atoms with Crippen molar-refractivity contribution in [1.29, 1.82) is 0 Å².